The lowest BCUT2D eigenvalue weighted by Crippen LogP contribution is -2.36. The van der Waals surface area contributed by atoms with Crippen LogP contribution in [0.1, 0.15) is 48.6 Å². The fraction of sp³-hybridized carbons (Fsp3) is 0.161. The molecule has 1 spiro atoms. The van der Waals surface area contributed by atoms with E-state index >= 15 is 0 Å². The Labute approximate surface area is 194 Å². The molecule has 1 unspecified atom stereocenters. The summed E-state index contributed by atoms with van der Waals surface area (Å²) in [5.74, 6) is 0.0933. The number of benzene rings is 2. The van der Waals surface area contributed by atoms with Gasteiger partial charge in [0.2, 0.25) is 0 Å². The standard InChI is InChI=1S/C31H24O2/c1-17-9-10-24-22(13-17)16-29-30(24)26(19(3)32)14-18(2)31(29)27(20(4)33)12-11-25-23-8-6-5-7-21(23)15-28(25)31/h5-16H,1-4H3. The van der Waals surface area contributed by atoms with Gasteiger partial charge in [-0.2, -0.15) is 0 Å². The van der Waals surface area contributed by atoms with Crippen molar-refractivity contribution in [3.8, 4) is 0 Å². The minimum atomic E-state index is -0.712. The van der Waals surface area contributed by atoms with Crippen LogP contribution in [0.4, 0.5) is 0 Å². The van der Waals surface area contributed by atoms with Crippen LogP contribution in [0.3, 0.4) is 0 Å². The van der Waals surface area contributed by atoms with Gasteiger partial charge < -0.3 is 0 Å². The minimum absolute atomic E-state index is 0.0437. The molecular formula is C31H24O2. The van der Waals surface area contributed by atoms with E-state index in [0.29, 0.717) is 0 Å². The highest BCUT2D eigenvalue weighted by molar-refractivity contribution is 6.17. The van der Waals surface area contributed by atoms with Crippen LogP contribution < -0.4 is 0 Å². The van der Waals surface area contributed by atoms with Crippen LogP contribution in [0.5, 0.6) is 0 Å². The van der Waals surface area contributed by atoms with Crippen LogP contribution in [-0.2, 0) is 9.59 Å². The van der Waals surface area contributed by atoms with Crippen molar-refractivity contribution in [3.05, 3.63) is 116 Å². The van der Waals surface area contributed by atoms with Crippen molar-refractivity contribution in [1.82, 2.24) is 0 Å². The lowest BCUT2D eigenvalue weighted by molar-refractivity contribution is -0.114. The van der Waals surface area contributed by atoms with Crippen molar-refractivity contribution in [2.75, 3.05) is 0 Å². The zero-order chi connectivity index (χ0) is 23.1. The maximum absolute atomic E-state index is 13.1. The predicted molar refractivity (Wildman–Crippen MR) is 134 cm³/mol. The molecule has 0 fully saturated rings. The molecule has 0 radical (unpaired) electrons. The Bertz CT molecular complexity index is 1510. The average molecular weight is 429 g/mol. The molecule has 0 heterocycles. The van der Waals surface area contributed by atoms with E-state index in [9.17, 15) is 9.59 Å². The van der Waals surface area contributed by atoms with Crippen molar-refractivity contribution in [3.63, 3.8) is 0 Å². The molecule has 1 atom stereocenters. The van der Waals surface area contributed by atoms with Crippen molar-refractivity contribution in [2.45, 2.75) is 27.7 Å². The molecule has 33 heavy (non-hydrogen) atoms. The van der Waals surface area contributed by atoms with Gasteiger partial charge in [0.25, 0.3) is 0 Å². The van der Waals surface area contributed by atoms with Crippen LogP contribution in [-0.4, -0.2) is 11.6 Å². The fourth-order valence-corrected chi connectivity index (χ4v) is 6.14. The molecule has 2 aromatic carbocycles. The molecule has 0 aromatic heterocycles. The van der Waals surface area contributed by atoms with Crippen molar-refractivity contribution in [1.29, 1.82) is 0 Å². The van der Waals surface area contributed by atoms with E-state index in [-0.39, 0.29) is 11.6 Å². The van der Waals surface area contributed by atoms with Gasteiger partial charge in [-0.25, -0.2) is 0 Å². The number of carbonyl (C=O) groups excluding carboxylic acids is 2. The third-order valence-electron chi connectivity index (χ3n) is 7.50. The van der Waals surface area contributed by atoms with Gasteiger partial charge in [-0.1, -0.05) is 71.8 Å². The lowest BCUT2D eigenvalue weighted by atomic mass is 9.56. The second-order valence-corrected chi connectivity index (χ2v) is 9.43. The number of carbonyl (C=O) groups is 2. The number of Topliss-reactive ketones (excluding diaryl/α,β-unsaturated/α-hetero) is 2. The van der Waals surface area contributed by atoms with Gasteiger partial charge in [-0.15, -0.1) is 0 Å². The van der Waals surface area contributed by atoms with Crippen LogP contribution in [0.15, 0.2) is 88.6 Å². The summed E-state index contributed by atoms with van der Waals surface area (Å²) in [6.07, 6.45) is 10.6. The number of ketones is 2. The summed E-state index contributed by atoms with van der Waals surface area (Å²) < 4.78 is 0. The van der Waals surface area contributed by atoms with Crippen LogP contribution in [0, 0.1) is 12.3 Å². The number of hydrogen-bond acceptors (Lipinski definition) is 2. The Balaban J connectivity index is 1.73. The average Bonchev–Trinajstić information content (AvgIpc) is 3.34. The van der Waals surface area contributed by atoms with Gasteiger partial charge in [-0.3, -0.25) is 9.59 Å². The van der Waals surface area contributed by atoms with Gasteiger partial charge in [0.1, 0.15) is 0 Å². The first-order chi connectivity index (χ1) is 15.8. The van der Waals surface area contributed by atoms with E-state index < -0.39 is 5.41 Å². The Morgan fingerprint density at radius 2 is 1.52 bits per heavy atom. The third-order valence-corrected chi connectivity index (χ3v) is 7.50. The molecule has 0 bridgehead atoms. The highest BCUT2D eigenvalue weighted by Crippen LogP contribution is 2.64. The van der Waals surface area contributed by atoms with E-state index in [1.807, 2.05) is 12.2 Å². The zero-order valence-electron chi connectivity index (χ0n) is 19.2. The molecule has 160 valence electrons. The maximum atomic E-state index is 13.1. The lowest BCUT2D eigenvalue weighted by Gasteiger charge is -2.45. The molecule has 6 rings (SSSR count). The number of rotatable bonds is 2. The fourth-order valence-electron chi connectivity index (χ4n) is 6.14. The summed E-state index contributed by atoms with van der Waals surface area (Å²) in [6, 6.07) is 14.8. The van der Waals surface area contributed by atoms with Crippen molar-refractivity contribution >= 4 is 34.9 Å². The van der Waals surface area contributed by atoms with E-state index in [2.05, 4.69) is 74.5 Å². The van der Waals surface area contributed by atoms with Crippen LogP contribution >= 0.6 is 0 Å². The van der Waals surface area contributed by atoms with Gasteiger partial charge in [0.15, 0.2) is 11.6 Å². The summed E-state index contributed by atoms with van der Waals surface area (Å²) in [5, 5.41) is 0. The monoisotopic (exact) mass is 428 g/mol. The normalized spacial score (nSPS) is 21.9. The van der Waals surface area contributed by atoms with Gasteiger partial charge in [0, 0.05) is 11.1 Å². The Morgan fingerprint density at radius 3 is 2.27 bits per heavy atom. The second kappa shape index (κ2) is 6.62. The molecule has 0 N–H and O–H groups in total. The van der Waals surface area contributed by atoms with Crippen molar-refractivity contribution in [2.24, 2.45) is 5.41 Å². The summed E-state index contributed by atoms with van der Waals surface area (Å²) >= 11 is 0. The second-order valence-electron chi connectivity index (χ2n) is 9.43. The summed E-state index contributed by atoms with van der Waals surface area (Å²) in [4.78, 5) is 26.0. The molecule has 2 aromatic rings. The smallest absolute Gasteiger partial charge is 0.160 e. The van der Waals surface area contributed by atoms with E-state index in [1.54, 1.807) is 13.8 Å². The highest BCUT2D eigenvalue weighted by Gasteiger charge is 2.53. The van der Waals surface area contributed by atoms with Gasteiger partial charge in [-0.05, 0) is 84.4 Å². The highest BCUT2D eigenvalue weighted by atomic mass is 16.1. The number of allylic oxidation sites excluding steroid dienone is 10. The molecule has 4 aliphatic rings. The first-order valence-electron chi connectivity index (χ1n) is 11.4. The Hall–Kier alpha value is -3.78. The topological polar surface area (TPSA) is 34.1 Å². The Morgan fingerprint density at radius 1 is 0.758 bits per heavy atom. The van der Waals surface area contributed by atoms with Crippen LogP contribution in [0.2, 0.25) is 0 Å². The SMILES string of the molecule is CC(=O)C1=CC=C2C(=Cc3ccccc32)C12C(C)=CC(C(C)=O)=C1C2=Cc2cc(C)ccc21. The Kier molecular flexibility index (Phi) is 3.98. The van der Waals surface area contributed by atoms with E-state index in [0.717, 1.165) is 50.1 Å². The molecule has 0 aliphatic heterocycles. The summed E-state index contributed by atoms with van der Waals surface area (Å²) in [7, 11) is 0. The first-order valence-corrected chi connectivity index (χ1v) is 11.4. The largest absolute Gasteiger partial charge is 0.295 e. The number of fused-ring (bicyclic) bond motifs is 8. The predicted octanol–water partition coefficient (Wildman–Crippen LogP) is 6.69. The van der Waals surface area contributed by atoms with Gasteiger partial charge in [0.05, 0.1) is 5.41 Å². The van der Waals surface area contributed by atoms with Crippen molar-refractivity contribution < 1.29 is 9.59 Å². The van der Waals surface area contributed by atoms with Gasteiger partial charge >= 0.3 is 0 Å². The number of hydrogen-bond donors (Lipinski definition) is 0. The summed E-state index contributed by atoms with van der Waals surface area (Å²) in [5.41, 5.74) is 11.8. The third kappa shape index (κ3) is 2.44. The molecule has 0 amide bonds. The van der Waals surface area contributed by atoms with Crippen LogP contribution in [0.25, 0.3) is 23.3 Å². The molecule has 2 heteroatoms. The minimum Gasteiger partial charge on any atom is -0.295 e. The number of aryl methyl sites for hydroxylation is 1. The van der Waals surface area contributed by atoms with E-state index in [4.69, 9.17) is 0 Å². The zero-order valence-corrected chi connectivity index (χ0v) is 19.2. The quantitative estimate of drug-likeness (QED) is 0.534. The van der Waals surface area contributed by atoms with E-state index in [1.165, 1.54) is 16.7 Å². The molecule has 0 saturated carbocycles. The summed E-state index contributed by atoms with van der Waals surface area (Å²) in [6.45, 7) is 7.43. The molecule has 2 nitrogen and oxygen atoms in total. The molecular weight excluding hydrogens is 404 g/mol. The molecule has 0 saturated heterocycles. The maximum Gasteiger partial charge on any atom is 0.160 e. The first kappa shape index (κ1) is 19.9. The molecule has 4 aliphatic carbocycles.